The third-order valence-electron chi connectivity index (χ3n) is 2.05. The van der Waals surface area contributed by atoms with Gasteiger partial charge >= 0.3 is 0 Å². The highest BCUT2D eigenvalue weighted by atomic mass is 16.1. The van der Waals surface area contributed by atoms with Gasteiger partial charge in [0.15, 0.2) is 0 Å². The van der Waals surface area contributed by atoms with Crippen molar-refractivity contribution in [3.05, 3.63) is 42.0 Å². The average molecular weight is 217 g/mol. The Morgan fingerprint density at radius 3 is 2.88 bits per heavy atom. The third kappa shape index (κ3) is 2.23. The molecule has 0 saturated carbocycles. The maximum atomic E-state index is 11.7. The fourth-order valence-electron chi connectivity index (χ4n) is 1.19. The van der Waals surface area contributed by atoms with Crippen LogP contribution in [0.15, 0.2) is 30.7 Å². The standard InChI is InChI=1S/C10H11N5O/c11-3-7-1-2-9(12-4-7)10(16)15-8-5-13-14-6-8/h1-2,4-6H,3,11H2,(H,13,14)(H,15,16). The lowest BCUT2D eigenvalue weighted by molar-refractivity contribution is 0.102. The zero-order valence-corrected chi connectivity index (χ0v) is 8.47. The second-order valence-corrected chi connectivity index (χ2v) is 3.20. The molecule has 0 aliphatic carbocycles. The average Bonchev–Trinajstić information content (AvgIpc) is 2.82. The van der Waals surface area contributed by atoms with Crippen LogP contribution in [0.25, 0.3) is 0 Å². The van der Waals surface area contributed by atoms with Gasteiger partial charge in [-0.2, -0.15) is 5.10 Å². The fraction of sp³-hybridized carbons (Fsp3) is 0.100. The Labute approximate surface area is 91.9 Å². The molecule has 1 amide bonds. The molecule has 0 aliphatic rings. The van der Waals surface area contributed by atoms with E-state index in [-0.39, 0.29) is 5.91 Å². The summed E-state index contributed by atoms with van der Waals surface area (Å²) in [6, 6.07) is 3.41. The summed E-state index contributed by atoms with van der Waals surface area (Å²) in [5.74, 6) is -0.273. The first kappa shape index (κ1) is 10.3. The summed E-state index contributed by atoms with van der Waals surface area (Å²) in [6.07, 6.45) is 4.70. The number of carbonyl (C=O) groups is 1. The molecular formula is C10H11N5O. The number of nitrogens with one attached hydrogen (secondary N) is 2. The first-order chi connectivity index (χ1) is 7.79. The number of amides is 1. The normalized spacial score (nSPS) is 10.1. The van der Waals surface area contributed by atoms with Crippen LogP contribution in [-0.2, 0) is 6.54 Å². The lowest BCUT2D eigenvalue weighted by Crippen LogP contribution is -2.13. The number of rotatable bonds is 3. The molecule has 0 saturated heterocycles. The Bertz CT molecular complexity index is 462. The van der Waals surface area contributed by atoms with Crippen molar-refractivity contribution in [1.82, 2.24) is 15.2 Å². The van der Waals surface area contributed by atoms with Crippen molar-refractivity contribution in [3.63, 3.8) is 0 Å². The number of H-pyrrole nitrogens is 1. The quantitative estimate of drug-likeness (QED) is 0.698. The Morgan fingerprint density at radius 2 is 2.31 bits per heavy atom. The first-order valence-electron chi connectivity index (χ1n) is 4.74. The van der Waals surface area contributed by atoms with Crippen LogP contribution in [0.1, 0.15) is 16.1 Å². The molecule has 6 heteroatoms. The van der Waals surface area contributed by atoms with Crippen LogP contribution < -0.4 is 11.1 Å². The molecule has 2 aromatic rings. The molecule has 0 aromatic carbocycles. The lowest BCUT2D eigenvalue weighted by Gasteiger charge is -2.02. The summed E-state index contributed by atoms with van der Waals surface area (Å²) < 4.78 is 0. The molecule has 0 bridgehead atoms. The molecule has 2 rings (SSSR count). The zero-order chi connectivity index (χ0) is 11.4. The molecule has 6 nitrogen and oxygen atoms in total. The van der Waals surface area contributed by atoms with E-state index in [0.717, 1.165) is 5.56 Å². The number of aromatic amines is 1. The Morgan fingerprint density at radius 1 is 1.44 bits per heavy atom. The highest BCUT2D eigenvalue weighted by Crippen LogP contribution is 2.05. The molecule has 0 radical (unpaired) electrons. The fourth-order valence-corrected chi connectivity index (χ4v) is 1.19. The van der Waals surface area contributed by atoms with Crippen LogP contribution in [0.2, 0.25) is 0 Å². The van der Waals surface area contributed by atoms with Gasteiger partial charge in [-0.25, -0.2) is 0 Å². The van der Waals surface area contributed by atoms with Crippen molar-refractivity contribution in [2.75, 3.05) is 5.32 Å². The van der Waals surface area contributed by atoms with Crippen molar-refractivity contribution in [2.45, 2.75) is 6.54 Å². The van der Waals surface area contributed by atoms with Crippen LogP contribution in [0, 0.1) is 0 Å². The van der Waals surface area contributed by atoms with Gasteiger partial charge in [-0.05, 0) is 11.6 Å². The van der Waals surface area contributed by atoms with Crippen molar-refractivity contribution >= 4 is 11.6 Å². The summed E-state index contributed by atoms with van der Waals surface area (Å²) >= 11 is 0. The van der Waals surface area contributed by atoms with Crippen LogP contribution in [-0.4, -0.2) is 21.1 Å². The monoisotopic (exact) mass is 217 g/mol. The van der Waals surface area contributed by atoms with Crippen LogP contribution in [0.5, 0.6) is 0 Å². The molecule has 4 N–H and O–H groups in total. The van der Waals surface area contributed by atoms with Gasteiger partial charge in [-0.15, -0.1) is 0 Å². The van der Waals surface area contributed by atoms with Crippen molar-refractivity contribution in [2.24, 2.45) is 5.73 Å². The molecular weight excluding hydrogens is 206 g/mol. The largest absolute Gasteiger partial charge is 0.326 e. The highest BCUT2D eigenvalue weighted by molar-refractivity contribution is 6.02. The van der Waals surface area contributed by atoms with E-state index in [2.05, 4.69) is 20.5 Å². The maximum absolute atomic E-state index is 11.7. The third-order valence-corrected chi connectivity index (χ3v) is 2.05. The summed E-state index contributed by atoms with van der Waals surface area (Å²) in [5, 5.41) is 8.97. The van der Waals surface area contributed by atoms with Crippen molar-refractivity contribution < 1.29 is 4.79 Å². The number of hydrogen-bond acceptors (Lipinski definition) is 4. The summed E-state index contributed by atoms with van der Waals surface area (Å²) in [5.41, 5.74) is 7.27. The van der Waals surface area contributed by atoms with E-state index in [9.17, 15) is 4.79 Å². The van der Waals surface area contributed by atoms with Crippen LogP contribution in [0.3, 0.4) is 0 Å². The molecule has 82 valence electrons. The Hall–Kier alpha value is -2.21. The molecule has 0 fully saturated rings. The number of carbonyl (C=O) groups excluding carboxylic acids is 1. The Kier molecular flexibility index (Phi) is 2.93. The minimum atomic E-state index is -0.273. The molecule has 16 heavy (non-hydrogen) atoms. The van der Waals surface area contributed by atoms with Gasteiger partial charge in [-0.3, -0.25) is 14.9 Å². The number of nitrogens with two attached hydrogens (primary N) is 1. The zero-order valence-electron chi connectivity index (χ0n) is 8.47. The first-order valence-corrected chi connectivity index (χ1v) is 4.74. The molecule has 0 atom stereocenters. The van der Waals surface area contributed by atoms with Gasteiger partial charge in [0.25, 0.3) is 5.91 Å². The minimum absolute atomic E-state index is 0.273. The molecule has 0 aliphatic heterocycles. The number of pyridine rings is 1. The van der Waals surface area contributed by atoms with Crippen molar-refractivity contribution in [3.8, 4) is 0 Å². The summed E-state index contributed by atoms with van der Waals surface area (Å²) in [4.78, 5) is 15.7. The number of anilines is 1. The molecule has 2 aromatic heterocycles. The summed E-state index contributed by atoms with van der Waals surface area (Å²) in [7, 11) is 0. The summed E-state index contributed by atoms with van der Waals surface area (Å²) in [6.45, 7) is 0.413. The van der Waals surface area contributed by atoms with Gasteiger partial charge in [0, 0.05) is 18.9 Å². The predicted molar refractivity (Wildman–Crippen MR) is 58.7 cm³/mol. The number of nitrogens with zero attached hydrogens (tertiary/aromatic N) is 2. The predicted octanol–water partition coefficient (Wildman–Crippen LogP) is 0.516. The Balaban J connectivity index is 2.09. The highest BCUT2D eigenvalue weighted by Gasteiger charge is 2.07. The van der Waals surface area contributed by atoms with Gasteiger partial charge in [0.1, 0.15) is 5.69 Å². The second-order valence-electron chi connectivity index (χ2n) is 3.20. The number of hydrogen-bond donors (Lipinski definition) is 3. The van der Waals surface area contributed by atoms with E-state index < -0.39 is 0 Å². The number of aromatic nitrogens is 3. The SMILES string of the molecule is NCc1ccc(C(=O)Nc2cn[nH]c2)nc1. The van der Waals surface area contributed by atoms with E-state index in [1.807, 2.05) is 0 Å². The van der Waals surface area contributed by atoms with E-state index in [1.165, 1.54) is 6.20 Å². The second kappa shape index (κ2) is 4.54. The van der Waals surface area contributed by atoms with Gasteiger partial charge in [0.2, 0.25) is 0 Å². The molecule has 2 heterocycles. The van der Waals surface area contributed by atoms with Gasteiger partial charge in [0.05, 0.1) is 11.9 Å². The van der Waals surface area contributed by atoms with E-state index in [4.69, 9.17) is 5.73 Å². The van der Waals surface area contributed by atoms with Crippen molar-refractivity contribution in [1.29, 1.82) is 0 Å². The van der Waals surface area contributed by atoms with Crippen LogP contribution >= 0.6 is 0 Å². The topological polar surface area (TPSA) is 96.7 Å². The van der Waals surface area contributed by atoms with Gasteiger partial charge < -0.3 is 11.1 Å². The van der Waals surface area contributed by atoms with E-state index in [0.29, 0.717) is 17.9 Å². The van der Waals surface area contributed by atoms with Crippen LogP contribution in [0.4, 0.5) is 5.69 Å². The van der Waals surface area contributed by atoms with E-state index in [1.54, 1.807) is 24.5 Å². The molecule has 0 spiro atoms. The lowest BCUT2D eigenvalue weighted by atomic mass is 10.2. The van der Waals surface area contributed by atoms with E-state index >= 15 is 0 Å². The maximum Gasteiger partial charge on any atom is 0.274 e. The smallest absolute Gasteiger partial charge is 0.274 e. The minimum Gasteiger partial charge on any atom is -0.326 e. The molecule has 0 unspecified atom stereocenters. The van der Waals surface area contributed by atoms with Gasteiger partial charge in [-0.1, -0.05) is 6.07 Å².